The molecule has 0 radical (unpaired) electrons. The van der Waals surface area contributed by atoms with Crippen LogP contribution in [0.2, 0.25) is 0 Å². The maximum absolute atomic E-state index is 12.7. The number of unbranched alkanes of at least 4 members (excludes halogenated alkanes) is 1. The standard InChI is InChI=1S/C24H26N2O2/c1-3-4-15-23(19-10-6-5-7-11-19)28-22-14-8-13-21(17-22)26(2)24(27)20-12-9-16-25-18-20/h5-14,16-18,23H,3-4,15H2,1-2H3. The number of carbonyl (C=O) groups is 1. The third-order valence-electron chi connectivity index (χ3n) is 4.69. The highest BCUT2D eigenvalue weighted by Crippen LogP contribution is 2.29. The van der Waals surface area contributed by atoms with Crippen molar-refractivity contribution in [2.24, 2.45) is 0 Å². The van der Waals surface area contributed by atoms with Crippen LogP contribution in [0.5, 0.6) is 5.75 Å². The zero-order valence-corrected chi connectivity index (χ0v) is 16.4. The van der Waals surface area contributed by atoms with Gasteiger partial charge in [0.25, 0.3) is 5.91 Å². The van der Waals surface area contributed by atoms with Gasteiger partial charge in [-0.15, -0.1) is 0 Å². The van der Waals surface area contributed by atoms with Gasteiger partial charge in [-0.1, -0.05) is 49.7 Å². The van der Waals surface area contributed by atoms with E-state index in [1.165, 1.54) is 5.56 Å². The average Bonchev–Trinajstić information content (AvgIpc) is 2.77. The summed E-state index contributed by atoms with van der Waals surface area (Å²) in [4.78, 5) is 18.3. The predicted molar refractivity (Wildman–Crippen MR) is 113 cm³/mol. The minimum atomic E-state index is -0.101. The lowest BCUT2D eigenvalue weighted by atomic mass is 10.0. The molecule has 0 aliphatic carbocycles. The minimum Gasteiger partial charge on any atom is -0.486 e. The molecule has 3 rings (SSSR count). The van der Waals surface area contributed by atoms with Crippen molar-refractivity contribution >= 4 is 11.6 Å². The summed E-state index contributed by atoms with van der Waals surface area (Å²) >= 11 is 0. The maximum atomic E-state index is 12.7. The fourth-order valence-corrected chi connectivity index (χ4v) is 3.08. The van der Waals surface area contributed by atoms with Crippen LogP contribution in [0, 0.1) is 0 Å². The molecule has 1 atom stereocenters. The van der Waals surface area contributed by atoms with Crippen molar-refractivity contribution in [3.63, 3.8) is 0 Å². The molecule has 4 heteroatoms. The fourth-order valence-electron chi connectivity index (χ4n) is 3.08. The number of hydrogen-bond acceptors (Lipinski definition) is 3. The third-order valence-corrected chi connectivity index (χ3v) is 4.69. The van der Waals surface area contributed by atoms with Crippen LogP contribution in [-0.4, -0.2) is 17.9 Å². The zero-order chi connectivity index (χ0) is 19.8. The first-order valence-corrected chi connectivity index (χ1v) is 9.68. The molecule has 1 aromatic heterocycles. The Bertz CT molecular complexity index is 881. The number of amides is 1. The normalized spacial score (nSPS) is 11.6. The summed E-state index contributed by atoms with van der Waals surface area (Å²) in [5.41, 5.74) is 2.51. The van der Waals surface area contributed by atoms with Gasteiger partial charge in [-0.25, -0.2) is 0 Å². The van der Waals surface area contributed by atoms with Crippen LogP contribution in [0.4, 0.5) is 5.69 Å². The van der Waals surface area contributed by atoms with Crippen molar-refractivity contribution in [3.05, 3.63) is 90.3 Å². The predicted octanol–water partition coefficient (Wildman–Crippen LogP) is 5.67. The Balaban J connectivity index is 1.78. The number of anilines is 1. The second-order valence-electron chi connectivity index (χ2n) is 6.76. The quantitative estimate of drug-likeness (QED) is 0.510. The van der Waals surface area contributed by atoms with Gasteiger partial charge in [0.05, 0.1) is 5.56 Å². The van der Waals surface area contributed by atoms with E-state index in [1.807, 2.05) is 42.5 Å². The summed E-state index contributed by atoms with van der Waals surface area (Å²) in [6.45, 7) is 2.18. The van der Waals surface area contributed by atoms with Gasteiger partial charge >= 0.3 is 0 Å². The summed E-state index contributed by atoms with van der Waals surface area (Å²) in [6, 6.07) is 21.5. The Hall–Kier alpha value is -3.14. The van der Waals surface area contributed by atoms with Gasteiger partial charge in [0.15, 0.2) is 0 Å². The Morgan fingerprint density at radius 1 is 1.07 bits per heavy atom. The second kappa shape index (κ2) is 9.70. The Morgan fingerprint density at radius 2 is 1.89 bits per heavy atom. The topological polar surface area (TPSA) is 42.4 Å². The number of pyridine rings is 1. The first-order valence-electron chi connectivity index (χ1n) is 9.68. The minimum absolute atomic E-state index is 0.00395. The molecule has 0 aliphatic rings. The molecule has 1 amide bonds. The van der Waals surface area contributed by atoms with Gasteiger partial charge < -0.3 is 9.64 Å². The van der Waals surface area contributed by atoms with E-state index in [2.05, 4.69) is 24.0 Å². The molecular formula is C24H26N2O2. The molecule has 28 heavy (non-hydrogen) atoms. The SMILES string of the molecule is CCCCC(Oc1cccc(N(C)C(=O)c2cccnc2)c1)c1ccccc1. The number of hydrogen-bond donors (Lipinski definition) is 0. The number of aromatic nitrogens is 1. The van der Waals surface area contributed by atoms with E-state index in [-0.39, 0.29) is 12.0 Å². The molecule has 0 spiro atoms. The molecule has 0 saturated heterocycles. The lowest BCUT2D eigenvalue weighted by molar-refractivity contribution is 0.0992. The number of nitrogens with zero attached hydrogens (tertiary/aromatic N) is 2. The average molecular weight is 374 g/mol. The first kappa shape index (κ1) is 19.6. The highest BCUT2D eigenvalue weighted by Gasteiger charge is 2.16. The Labute approximate surface area is 166 Å². The van der Waals surface area contributed by atoms with Gasteiger partial charge in [-0.2, -0.15) is 0 Å². The van der Waals surface area contributed by atoms with Crippen molar-refractivity contribution in [1.82, 2.24) is 4.98 Å². The van der Waals surface area contributed by atoms with Crippen molar-refractivity contribution in [2.75, 3.05) is 11.9 Å². The summed E-state index contributed by atoms with van der Waals surface area (Å²) in [6.07, 6.45) is 6.40. The van der Waals surface area contributed by atoms with Crippen molar-refractivity contribution in [3.8, 4) is 5.75 Å². The summed E-state index contributed by atoms with van der Waals surface area (Å²) in [5, 5.41) is 0. The van der Waals surface area contributed by atoms with E-state index in [4.69, 9.17) is 4.74 Å². The summed E-state index contributed by atoms with van der Waals surface area (Å²) < 4.78 is 6.33. The van der Waals surface area contributed by atoms with Gasteiger partial charge in [0.1, 0.15) is 11.9 Å². The molecule has 1 unspecified atom stereocenters. The second-order valence-corrected chi connectivity index (χ2v) is 6.76. The van der Waals surface area contributed by atoms with Crippen molar-refractivity contribution in [2.45, 2.75) is 32.3 Å². The van der Waals surface area contributed by atoms with E-state index >= 15 is 0 Å². The molecule has 144 valence electrons. The molecule has 4 nitrogen and oxygen atoms in total. The van der Waals surface area contributed by atoms with Crippen molar-refractivity contribution < 1.29 is 9.53 Å². The first-order chi connectivity index (χ1) is 13.7. The molecule has 2 aromatic carbocycles. The van der Waals surface area contributed by atoms with Gasteiger partial charge in [0, 0.05) is 31.2 Å². The largest absolute Gasteiger partial charge is 0.486 e. The molecular weight excluding hydrogens is 348 g/mol. The Kier molecular flexibility index (Phi) is 6.79. The summed E-state index contributed by atoms with van der Waals surface area (Å²) in [5.74, 6) is 0.657. The van der Waals surface area contributed by atoms with Crippen LogP contribution in [0.25, 0.3) is 0 Å². The van der Waals surface area contributed by atoms with E-state index in [0.717, 1.165) is 30.7 Å². The lowest BCUT2D eigenvalue weighted by Crippen LogP contribution is -2.26. The molecule has 0 bridgehead atoms. The van der Waals surface area contributed by atoms with E-state index < -0.39 is 0 Å². The molecule has 0 saturated carbocycles. The van der Waals surface area contributed by atoms with Crippen LogP contribution in [-0.2, 0) is 0 Å². The molecule has 1 heterocycles. The number of rotatable bonds is 8. The number of ether oxygens (including phenoxy) is 1. The smallest absolute Gasteiger partial charge is 0.259 e. The number of carbonyl (C=O) groups excluding carboxylic acids is 1. The molecule has 0 fully saturated rings. The van der Waals surface area contributed by atoms with E-state index in [9.17, 15) is 4.79 Å². The lowest BCUT2D eigenvalue weighted by Gasteiger charge is -2.22. The van der Waals surface area contributed by atoms with Crippen molar-refractivity contribution in [1.29, 1.82) is 0 Å². The van der Waals surface area contributed by atoms with Gasteiger partial charge in [-0.3, -0.25) is 9.78 Å². The van der Waals surface area contributed by atoms with Crippen LogP contribution in [0.3, 0.4) is 0 Å². The monoisotopic (exact) mass is 374 g/mol. The van der Waals surface area contributed by atoms with Gasteiger partial charge in [0.2, 0.25) is 0 Å². The Morgan fingerprint density at radius 3 is 2.61 bits per heavy atom. The van der Waals surface area contributed by atoms with Crippen LogP contribution in [0.15, 0.2) is 79.1 Å². The van der Waals surface area contributed by atoms with E-state index in [0.29, 0.717) is 5.56 Å². The molecule has 0 aliphatic heterocycles. The highest BCUT2D eigenvalue weighted by atomic mass is 16.5. The maximum Gasteiger partial charge on any atom is 0.259 e. The van der Waals surface area contributed by atoms with Gasteiger partial charge in [-0.05, 0) is 42.7 Å². The van der Waals surface area contributed by atoms with Crippen LogP contribution in [0.1, 0.15) is 48.2 Å². The molecule has 3 aromatic rings. The zero-order valence-electron chi connectivity index (χ0n) is 16.4. The molecule has 0 N–H and O–H groups in total. The summed E-state index contributed by atoms with van der Waals surface area (Å²) in [7, 11) is 1.76. The highest BCUT2D eigenvalue weighted by molar-refractivity contribution is 6.05. The van der Waals surface area contributed by atoms with Crippen LogP contribution < -0.4 is 9.64 Å². The number of benzene rings is 2. The third kappa shape index (κ3) is 4.97. The van der Waals surface area contributed by atoms with E-state index in [1.54, 1.807) is 36.5 Å². The fraction of sp³-hybridized carbons (Fsp3) is 0.250. The van der Waals surface area contributed by atoms with Crippen LogP contribution >= 0.6 is 0 Å².